The van der Waals surface area contributed by atoms with Gasteiger partial charge in [-0.05, 0) is 13.3 Å². The topological polar surface area (TPSA) is 96.4 Å². The van der Waals surface area contributed by atoms with E-state index in [1.54, 1.807) is 18.5 Å². The number of nitrogens with one attached hydrogen (secondary N) is 2. The van der Waals surface area contributed by atoms with Crippen molar-refractivity contribution in [1.82, 2.24) is 15.3 Å². The summed E-state index contributed by atoms with van der Waals surface area (Å²) in [6.45, 7) is 2.29. The number of thiophene rings is 1. The average molecular weight is 357 g/mol. The predicted molar refractivity (Wildman–Crippen MR) is 90.6 cm³/mol. The van der Waals surface area contributed by atoms with Gasteiger partial charge in [-0.2, -0.15) is 0 Å². The molecule has 0 aliphatic rings. The van der Waals surface area contributed by atoms with Crippen molar-refractivity contribution >= 4 is 45.0 Å². The first-order chi connectivity index (χ1) is 11.1. The van der Waals surface area contributed by atoms with E-state index in [0.717, 1.165) is 4.70 Å². The number of ether oxygens (including phenoxy) is 1. The van der Waals surface area contributed by atoms with Crippen LogP contribution in [0.3, 0.4) is 0 Å². The third kappa shape index (κ3) is 4.31. The van der Waals surface area contributed by atoms with E-state index in [2.05, 4.69) is 20.6 Å². The lowest BCUT2D eigenvalue weighted by molar-refractivity contribution is 0.0968. The molecule has 2 rings (SSSR count). The Morgan fingerprint density at radius 3 is 3.00 bits per heavy atom. The second-order valence-corrected chi connectivity index (χ2v) is 5.88. The number of carbonyl (C=O) groups excluding carboxylic acids is 1. The molecule has 7 nitrogen and oxygen atoms in total. The van der Waals surface area contributed by atoms with E-state index in [1.807, 2.05) is 0 Å². The molecule has 0 unspecified atom stereocenters. The standard InChI is InChI=1S/C14H17ClN4O3S/c1-8(22-2)12(15)19-13(21)9-7-23-10-6-17-14(18-11(9)10)16-4-3-5-20/h6-7,20H,3-5H2,1-2H3,(H,19,21)(H,16,17,18). The van der Waals surface area contributed by atoms with Crippen LogP contribution in [0.5, 0.6) is 0 Å². The Hall–Kier alpha value is -1.90. The van der Waals surface area contributed by atoms with Gasteiger partial charge in [0.15, 0.2) is 0 Å². The monoisotopic (exact) mass is 356 g/mol. The number of nitrogens with zero attached hydrogens (tertiary/aromatic N) is 2. The highest BCUT2D eigenvalue weighted by molar-refractivity contribution is 7.17. The number of aromatic nitrogens is 2. The van der Waals surface area contributed by atoms with Gasteiger partial charge in [-0.1, -0.05) is 11.6 Å². The molecule has 2 aromatic rings. The predicted octanol–water partition coefficient (Wildman–Crippen LogP) is 2.29. The number of halogens is 1. The lowest BCUT2D eigenvalue weighted by Gasteiger charge is -2.07. The van der Waals surface area contributed by atoms with Crippen LogP contribution < -0.4 is 10.6 Å². The first kappa shape index (κ1) is 17.5. The van der Waals surface area contributed by atoms with Gasteiger partial charge in [0.05, 0.1) is 29.1 Å². The molecule has 0 fully saturated rings. The van der Waals surface area contributed by atoms with Gasteiger partial charge in [-0.15, -0.1) is 11.3 Å². The molecule has 23 heavy (non-hydrogen) atoms. The summed E-state index contributed by atoms with van der Waals surface area (Å²) < 4.78 is 5.77. The van der Waals surface area contributed by atoms with E-state index in [9.17, 15) is 4.79 Å². The number of anilines is 1. The van der Waals surface area contributed by atoms with Crippen molar-refractivity contribution in [3.63, 3.8) is 0 Å². The van der Waals surface area contributed by atoms with Crippen LogP contribution >= 0.6 is 22.9 Å². The van der Waals surface area contributed by atoms with Crippen molar-refractivity contribution in [2.45, 2.75) is 13.3 Å². The lowest BCUT2D eigenvalue weighted by Crippen LogP contribution is -2.21. The number of aliphatic hydroxyl groups excluding tert-OH is 1. The summed E-state index contributed by atoms with van der Waals surface area (Å²) in [6.07, 6.45) is 2.25. The molecule has 0 aromatic carbocycles. The molecule has 0 aliphatic carbocycles. The zero-order valence-corrected chi connectivity index (χ0v) is 14.3. The maximum Gasteiger partial charge on any atom is 0.259 e. The minimum absolute atomic E-state index is 0.0883. The molecule has 0 saturated heterocycles. The van der Waals surface area contributed by atoms with Gasteiger partial charge in [-0.25, -0.2) is 9.97 Å². The molecule has 0 bridgehead atoms. The maximum absolute atomic E-state index is 12.3. The molecule has 2 heterocycles. The second-order valence-electron chi connectivity index (χ2n) is 4.59. The molecular formula is C14H17ClN4O3S. The highest BCUT2D eigenvalue weighted by atomic mass is 35.5. The van der Waals surface area contributed by atoms with Gasteiger partial charge >= 0.3 is 0 Å². The van der Waals surface area contributed by atoms with Crippen LogP contribution in [0.1, 0.15) is 23.7 Å². The minimum Gasteiger partial charge on any atom is -0.498 e. The number of methoxy groups -OCH3 is 1. The van der Waals surface area contributed by atoms with Gasteiger partial charge in [0.2, 0.25) is 5.95 Å². The zero-order valence-electron chi connectivity index (χ0n) is 12.7. The summed E-state index contributed by atoms with van der Waals surface area (Å²) in [4.78, 5) is 20.9. The first-order valence-corrected chi connectivity index (χ1v) is 8.13. The summed E-state index contributed by atoms with van der Waals surface area (Å²) in [5.41, 5.74) is 0.966. The quantitative estimate of drug-likeness (QED) is 0.400. The van der Waals surface area contributed by atoms with Crippen LogP contribution in [0.25, 0.3) is 10.2 Å². The molecule has 3 N–H and O–H groups in total. The molecular weight excluding hydrogens is 340 g/mol. The Bertz CT molecular complexity index is 732. The third-order valence-electron chi connectivity index (χ3n) is 3.02. The van der Waals surface area contributed by atoms with Gasteiger partial charge in [-0.3, -0.25) is 4.79 Å². The molecule has 0 spiro atoms. The molecule has 124 valence electrons. The van der Waals surface area contributed by atoms with Crippen molar-refractivity contribution in [3.8, 4) is 0 Å². The van der Waals surface area contributed by atoms with Crippen molar-refractivity contribution in [1.29, 1.82) is 0 Å². The number of hydrogen-bond donors (Lipinski definition) is 3. The summed E-state index contributed by atoms with van der Waals surface area (Å²) in [6, 6.07) is 0. The molecule has 0 atom stereocenters. The number of aliphatic hydroxyl groups is 1. The van der Waals surface area contributed by atoms with Crippen LogP contribution in [0.2, 0.25) is 0 Å². The summed E-state index contributed by atoms with van der Waals surface area (Å²) in [7, 11) is 1.47. The van der Waals surface area contributed by atoms with E-state index >= 15 is 0 Å². The fraction of sp³-hybridized carbons (Fsp3) is 0.357. The Morgan fingerprint density at radius 1 is 1.52 bits per heavy atom. The third-order valence-corrected chi connectivity index (χ3v) is 4.28. The van der Waals surface area contributed by atoms with Gasteiger partial charge in [0.25, 0.3) is 5.91 Å². The van der Waals surface area contributed by atoms with E-state index in [0.29, 0.717) is 35.8 Å². The van der Waals surface area contributed by atoms with Crippen molar-refractivity contribution in [3.05, 3.63) is 28.1 Å². The SMILES string of the molecule is COC(C)=C(Cl)NC(=O)c1csc2cnc(NCCCO)nc12. The van der Waals surface area contributed by atoms with Crippen LogP contribution in [-0.4, -0.2) is 41.2 Å². The van der Waals surface area contributed by atoms with Crippen LogP contribution in [0.4, 0.5) is 5.95 Å². The normalized spacial score (nSPS) is 12.0. The van der Waals surface area contributed by atoms with Crippen LogP contribution in [0, 0.1) is 0 Å². The van der Waals surface area contributed by atoms with Crippen molar-refractivity contribution in [2.75, 3.05) is 25.6 Å². The Balaban J connectivity index is 2.23. The summed E-state index contributed by atoms with van der Waals surface area (Å²) in [5, 5.41) is 16.2. The van der Waals surface area contributed by atoms with Crippen molar-refractivity contribution < 1.29 is 14.6 Å². The molecule has 0 saturated carbocycles. The number of fused-ring (bicyclic) bond motifs is 1. The van der Waals surface area contributed by atoms with E-state index in [4.69, 9.17) is 21.4 Å². The Kier molecular flexibility index (Phi) is 6.14. The fourth-order valence-corrected chi connectivity index (χ4v) is 2.71. The number of amides is 1. The van der Waals surface area contributed by atoms with Gasteiger partial charge < -0.3 is 20.5 Å². The first-order valence-electron chi connectivity index (χ1n) is 6.87. The van der Waals surface area contributed by atoms with Gasteiger partial charge in [0, 0.05) is 18.5 Å². The highest BCUT2D eigenvalue weighted by Gasteiger charge is 2.16. The lowest BCUT2D eigenvalue weighted by atomic mass is 10.2. The van der Waals surface area contributed by atoms with Crippen LogP contribution in [-0.2, 0) is 4.74 Å². The van der Waals surface area contributed by atoms with E-state index in [1.165, 1.54) is 18.4 Å². The van der Waals surface area contributed by atoms with Gasteiger partial charge in [0.1, 0.15) is 10.9 Å². The molecule has 1 amide bonds. The Morgan fingerprint density at radius 2 is 2.30 bits per heavy atom. The largest absolute Gasteiger partial charge is 0.498 e. The Labute approximate surface area is 142 Å². The molecule has 0 aliphatic heterocycles. The van der Waals surface area contributed by atoms with E-state index in [-0.39, 0.29) is 17.7 Å². The second kappa shape index (κ2) is 8.09. The maximum atomic E-state index is 12.3. The van der Waals surface area contributed by atoms with Crippen LogP contribution in [0.15, 0.2) is 22.5 Å². The number of rotatable bonds is 7. The minimum atomic E-state index is -0.363. The molecule has 0 radical (unpaired) electrons. The number of carbonyl (C=O) groups is 1. The highest BCUT2D eigenvalue weighted by Crippen LogP contribution is 2.25. The molecule has 2 aromatic heterocycles. The summed E-state index contributed by atoms with van der Waals surface area (Å²) in [5.74, 6) is 0.464. The number of hydrogen-bond acceptors (Lipinski definition) is 7. The number of allylic oxidation sites excluding steroid dienone is 1. The van der Waals surface area contributed by atoms with E-state index < -0.39 is 0 Å². The fourth-order valence-electron chi connectivity index (χ4n) is 1.70. The zero-order chi connectivity index (χ0) is 16.8. The average Bonchev–Trinajstić information content (AvgIpc) is 2.97. The van der Waals surface area contributed by atoms with Crippen molar-refractivity contribution in [2.24, 2.45) is 0 Å². The smallest absolute Gasteiger partial charge is 0.259 e. The molecule has 9 heteroatoms. The summed E-state index contributed by atoms with van der Waals surface area (Å²) >= 11 is 7.34.